The van der Waals surface area contributed by atoms with Crippen molar-refractivity contribution in [3.8, 4) is 17.2 Å². The Bertz CT molecular complexity index is 963. The van der Waals surface area contributed by atoms with Crippen molar-refractivity contribution in [2.24, 2.45) is 0 Å². The smallest absolute Gasteiger partial charge is 0.231 e. The summed E-state index contributed by atoms with van der Waals surface area (Å²) < 4.78 is 17.1. The van der Waals surface area contributed by atoms with Crippen LogP contribution < -0.4 is 14.2 Å². The Morgan fingerprint density at radius 2 is 2.12 bits per heavy atom. The van der Waals surface area contributed by atoms with Crippen LogP contribution in [-0.4, -0.2) is 37.4 Å². The van der Waals surface area contributed by atoms with Crippen LogP contribution in [0.3, 0.4) is 0 Å². The molecule has 5 nitrogen and oxygen atoms in total. The molecule has 3 aromatic rings. The molecule has 1 atom stereocenters. The number of nitrogens with one attached hydrogen (secondary N) is 1. The van der Waals surface area contributed by atoms with Crippen molar-refractivity contribution in [2.75, 3.05) is 27.5 Å². The molecule has 25 heavy (non-hydrogen) atoms. The monoisotopic (exact) mass is 336 g/mol. The summed E-state index contributed by atoms with van der Waals surface area (Å²) in [5.74, 6) is 2.31. The fourth-order valence-electron chi connectivity index (χ4n) is 4.15. The normalized spacial score (nSPS) is 19.2. The predicted molar refractivity (Wildman–Crippen MR) is 95.6 cm³/mol. The van der Waals surface area contributed by atoms with E-state index in [2.05, 4.69) is 53.5 Å². The zero-order valence-electron chi connectivity index (χ0n) is 14.3. The Morgan fingerprint density at radius 1 is 1.24 bits per heavy atom. The Labute approximate surface area is 146 Å². The lowest BCUT2D eigenvalue weighted by molar-refractivity contribution is 0.171. The van der Waals surface area contributed by atoms with Gasteiger partial charge in [-0.25, -0.2) is 0 Å². The van der Waals surface area contributed by atoms with E-state index < -0.39 is 0 Å². The van der Waals surface area contributed by atoms with Crippen molar-refractivity contribution in [3.05, 3.63) is 53.2 Å². The number of aromatic nitrogens is 1. The minimum Gasteiger partial charge on any atom is -0.492 e. The van der Waals surface area contributed by atoms with Gasteiger partial charge in [0.25, 0.3) is 0 Å². The summed E-state index contributed by atoms with van der Waals surface area (Å²) in [6.45, 7) is 1.24. The Hall–Kier alpha value is -2.66. The first-order valence-electron chi connectivity index (χ1n) is 8.53. The Morgan fingerprint density at radius 3 is 3.00 bits per heavy atom. The first kappa shape index (κ1) is 14.7. The van der Waals surface area contributed by atoms with E-state index in [4.69, 9.17) is 14.2 Å². The first-order chi connectivity index (χ1) is 12.3. The lowest BCUT2D eigenvalue weighted by Crippen LogP contribution is -2.33. The van der Waals surface area contributed by atoms with Crippen molar-refractivity contribution in [2.45, 2.75) is 12.5 Å². The molecule has 0 radical (unpaired) electrons. The molecule has 2 aliphatic heterocycles. The van der Waals surface area contributed by atoms with Crippen LogP contribution in [0.5, 0.6) is 17.2 Å². The average molecular weight is 336 g/mol. The number of benzene rings is 2. The van der Waals surface area contributed by atoms with Gasteiger partial charge < -0.3 is 19.2 Å². The molecule has 2 aliphatic rings. The summed E-state index contributed by atoms with van der Waals surface area (Å²) in [5, 5.41) is 1.24. The highest BCUT2D eigenvalue weighted by molar-refractivity contribution is 5.84. The van der Waals surface area contributed by atoms with Crippen molar-refractivity contribution >= 4 is 10.9 Å². The van der Waals surface area contributed by atoms with Gasteiger partial charge in [0.15, 0.2) is 11.5 Å². The first-order valence-corrected chi connectivity index (χ1v) is 8.53. The van der Waals surface area contributed by atoms with Crippen LogP contribution in [0.15, 0.2) is 36.5 Å². The highest BCUT2D eigenvalue weighted by atomic mass is 16.7. The molecule has 3 heterocycles. The van der Waals surface area contributed by atoms with Gasteiger partial charge in [0.05, 0.1) is 13.2 Å². The number of methoxy groups -OCH3 is 1. The molecule has 0 spiro atoms. The van der Waals surface area contributed by atoms with Gasteiger partial charge in [-0.15, -0.1) is 0 Å². The summed E-state index contributed by atoms with van der Waals surface area (Å²) in [6, 6.07) is 10.7. The number of likely N-dealkylation sites (N-methyl/N-ethyl adjacent to an activating group) is 1. The number of hydrogen-bond donors (Lipinski definition) is 1. The topological polar surface area (TPSA) is 46.7 Å². The maximum absolute atomic E-state index is 5.80. The summed E-state index contributed by atoms with van der Waals surface area (Å²) in [6.07, 6.45) is 3.09. The van der Waals surface area contributed by atoms with Gasteiger partial charge in [0, 0.05) is 29.2 Å². The van der Waals surface area contributed by atoms with E-state index in [1.807, 2.05) is 0 Å². The van der Waals surface area contributed by atoms with Gasteiger partial charge in [-0.1, -0.05) is 18.2 Å². The van der Waals surface area contributed by atoms with E-state index in [9.17, 15) is 0 Å². The molecule has 128 valence electrons. The molecule has 0 bridgehead atoms. The van der Waals surface area contributed by atoms with Crippen LogP contribution in [0.1, 0.15) is 22.7 Å². The number of aromatic amines is 1. The highest BCUT2D eigenvalue weighted by Crippen LogP contribution is 2.51. The largest absolute Gasteiger partial charge is 0.492 e. The second-order valence-electron chi connectivity index (χ2n) is 6.64. The molecule has 1 N–H and O–H groups in total. The number of para-hydroxylation sites is 1. The number of nitrogens with zero attached hydrogens (tertiary/aromatic N) is 1. The molecule has 5 rings (SSSR count). The fraction of sp³-hybridized carbons (Fsp3) is 0.300. The summed E-state index contributed by atoms with van der Waals surface area (Å²) >= 11 is 0. The second kappa shape index (κ2) is 5.43. The maximum Gasteiger partial charge on any atom is 0.231 e. The third-order valence-corrected chi connectivity index (χ3v) is 5.31. The van der Waals surface area contributed by atoms with Crippen molar-refractivity contribution < 1.29 is 14.2 Å². The highest BCUT2D eigenvalue weighted by Gasteiger charge is 2.35. The number of rotatable bonds is 2. The van der Waals surface area contributed by atoms with Gasteiger partial charge in [-0.2, -0.15) is 0 Å². The van der Waals surface area contributed by atoms with Crippen LogP contribution in [-0.2, 0) is 6.42 Å². The molecular formula is C20H20N2O3. The fourth-order valence-corrected chi connectivity index (χ4v) is 4.15. The van der Waals surface area contributed by atoms with Crippen LogP contribution >= 0.6 is 0 Å². The van der Waals surface area contributed by atoms with E-state index in [0.717, 1.165) is 35.7 Å². The average Bonchev–Trinajstić information content (AvgIpc) is 3.26. The number of H-pyrrole nitrogens is 1. The van der Waals surface area contributed by atoms with E-state index in [1.165, 1.54) is 22.1 Å². The Kier molecular flexibility index (Phi) is 3.18. The minimum atomic E-state index is 0.115. The molecule has 0 amide bonds. The number of hydrogen-bond acceptors (Lipinski definition) is 4. The maximum atomic E-state index is 5.80. The van der Waals surface area contributed by atoms with Crippen LogP contribution in [0.4, 0.5) is 0 Å². The molecule has 0 fully saturated rings. The molecule has 1 unspecified atom stereocenters. The van der Waals surface area contributed by atoms with Gasteiger partial charge >= 0.3 is 0 Å². The van der Waals surface area contributed by atoms with Crippen molar-refractivity contribution in [1.82, 2.24) is 9.88 Å². The van der Waals surface area contributed by atoms with E-state index >= 15 is 0 Å². The van der Waals surface area contributed by atoms with Crippen molar-refractivity contribution in [3.63, 3.8) is 0 Å². The quantitative estimate of drug-likeness (QED) is 0.778. The summed E-state index contributed by atoms with van der Waals surface area (Å²) in [7, 11) is 3.87. The summed E-state index contributed by atoms with van der Waals surface area (Å²) in [4.78, 5) is 5.78. The van der Waals surface area contributed by atoms with Gasteiger partial charge in [0.2, 0.25) is 12.5 Å². The van der Waals surface area contributed by atoms with Crippen LogP contribution in [0.25, 0.3) is 10.9 Å². The molecular weight excluding hydrogens is 316 g/mol. The lowest BCUT2D eigenvalue weighted by Gasteiger charge is -2.35. The van der Waals surface area contributed by atoms with Crippen LogP contribution in [0, 0.1) is 0 Å². The molecule has 2 aromatic carbocycles. The van der Waals surface area contributed by atoms with Gasteiger partial charge in [-0.05, 0) is 36.7 Å². The molecule has 0 saturated heterocycles. The third-order valence-electron chi connectivity index (χ3n) is 5.31. The van der Waals surface area contributed by atoms with Crippen molar-refractivity contribution in [1.29, 1.82) is 0 Å². The van der Waals surface area contributed by atoms with Gasteiger partial charge in [0.1, 0.15) is 0 Å². The number of ether oxygens (including phenoxy) is 3. The minimum absolute atomic E-state index is 0.115. The molecule has 5 heteroatoms. The lowest BCUT2D eigenvalue weighted by atomic mass is 9.87. The zero-order chi connectivity index (χ0) is 17.0. The number of fused-ring (bicyclic) bond motifs is 3. The predicted octanol–water partition coefficient (Wildman–Crippen LogP) is 3.48. The molecule has 0 saturated carbocycles. The standard InChI is InChI=1S/C20H20N2O3/c1-22-8-7-12-9-16-19(25-11-24-16)20(23-2)17(12)18(22)14-10-21-15-6-4-3-5-13(14)15/h3-6,9-10,18,21H,7-8,11H2,1-2H3. The SMILES string of the molecule is COc1c2c(cc3c1C(c1c[nH]c4ccccc14)N(C)CC3)OCO2. The second-order valence-corrected chi connectivity index (χ2v) is 6.64. The van der Waals surface area contributed by atoms with Gasteiger partial charge in [-0.3, -0.25) is 4.90 Å². The Balaban J connectivity index is 1.77. The molecule has 0 aliphatic carbocycles. The summed E-state index contributed by atoms with van der Waals surface area (Å²) in [5.41, 5.74) is 4.87. The zero-order valence-corrected chi connectivity index (χ0v) is 14.3. The van der Waals surface area contributed by atoms with Crippen LogP contribution in [0.2, 0.25) is 0 Å². The molecule has 1 aromatic heterocycles. The third kappa shape index (κ3) is 2.05. The van der Waals surface area contributed by atoms with E-state index in [-0.39, 0.29) is 12.8 Å². The van der Waals surface area contributed by atoms with E-state index in [1.54, 1.807) is 7.11 Å². The van der Waals surface area contributed by atoms with E-state index in [0.29, 0.717) is 0 Å².